The molecule has 1 aromatic carbocycles. The van der Waals surface area contributed by atoms with E-state index in [1.165, 1.54) is 6.07 Å². The number of sulfone groups is 1. The van der Waals surface area contributed by atoms with Crippen LogP contribution in [0.5, 0.6) is 0 Å². The van der Waals surface area contributed by atoms with E-state index in [-0.39, 0.29) is 29.2 Å². The molecule has 1 saturated heterocycles. The molecule has 5 rings (SSSR count). The van der Waals surface area contributed by atoms with E-state index in [9.17, 15) is 22.0 Å². The maximum Gasteiger partial charge on any atom is 0.256 e. The van der Waals surface area contributed by atoms with Crippen molar-refractivity contribution in [3.63, 3.8) is 0 Å². The predicted molar refractivity (Wildman–Crippen MR) is 111 cm³/mol. The Morgan fingerprint density at radius 2 is 1.94 bits per heavy atom. The van der Waals surface area contributed by atoms with Gasteiger partial charge in [0.15, 0.2) is 27.1 Å². The van der Waals surface area contributed by atoms with Crippen LogP contribution >= 0.6 is 0 Å². The highest BCUT2D eigenvalue weighted by Crippen LogP contribution is 2.41. The van der Waals surface area contributed by atoms with Crippen molar-refractivity contribution in [1.82, 2.24) is 14.8 Å². The number of benzene rings is 1. The summed E-state index contributed by atoms with van der Waals surface area (Å²) in [5.41, 5.74) is 2.27. The molecule has 10 heteroatoms. The monoisotopic (exact) mass is 446 g/mol. The molecule has 3 aromatic rings. The molecule has 1 atom stereocenters. The highest BCUT2D eigenvalue weighted by Gasteiger charge is 2.34. The minimum Gasteiger partial charge on any atom is -0.322 e. The Hall–Kier alpha value is -2.88. The molecular weight excluding hydrogens is 426 g/mol. The van der Waals surface area contributed by atoms with Gasteiger partial charge in [-0.25, -0.2) is 26.9 Å². The number of halogens is 2. The molecule has 2 aromatic heterocycles. The quantitative estimate of drug-likeness (QED) is 0.662. The van der Waals surface area contributed by atoms with Gasteiger partial charge < -0.3 is 5.32 Å². The molecule has 162 valence electrons. The first-order chi connectivity index (χ1) is 14.7. The van der Waals surface area contributed by atoms with Gasteiger partial charge in [-0.05, 0) is 44.4 Å². The van der Waals surface area contributed by atoms with Crippen LogP contribution in [0.25, 0.3) is 11.0 Å². The number of hydrogen-bond donors (Lipinski definition) is 1. The molecule has 0 bridgehead atoms. The number of anilines is 1. The lowest BCUT2D eigenvalue weighted by atomic mass is 10.1. The Morgan fingerprint density at radius 3 is 2.58 bits per heavy atom. The molecule has 31 heavy (non-hydrogen) atoms. The molecule has 2 aliphatic rings. The Morgan fingerprint density at radius 1 is 1.16 bits per heavy atom. The molecule has 1 unspecified atom stereocenters. The van der Waals surface area contributed by atoms with Gasteiger partial charge in [-0.1, -0.05) is 0 Å². The van der Waals surface area contributed by atoms with Crippen LogP contribution < -0.4 is 5.32 Å². The fraction of sp³-hybridized carbons (Fsp3) is 0.381. The van der Waals surface area contributed by atoms with Gasteiger partial charge in [-0.3, -0.25) is 4.79 Å². The van der Waals surface area contributed by atoms with E-state index in [2.05, 4.69) is 10.4 Å². The lowest BCUT2D eigenvalue weighted by Gasteiger charge is -2.12. The number of pyridine rings is 1. The molecule has 1 saturated carbocycles. The summed E-state index contributed by atoms with van der Waals surface area (Å²) in [6, 6.07) is 4.56. The van der Waals surface area contributed by atoms with E-state index in [0.29, 0.717) is 28.7 Å². The van der Waals surface area contributed by atoms with Crippen molar-refractivity contribution < 1.29 is 22.0 Å². The van der Waals surface area contributed by atoms with Gasteiger partial charge in [0.05, 0.1) is 34.2 Å². The SMILES string of the molecule is Cc1nn(C2CCS(=O)(=O)C2)c2nc(C3CC3)cc(C(=O)Nc3ccc(F)c(F)c3)c12. The number of aromatic nitrogens is 3. The third-order valence-electron chi connectivity index (χ3n) is 5.83. The number of aryl methyl sites for hydroxylation is 1. The summed E-state index contributed by atoms with van der Waals surface area (Å²) >= 11 is 0. The number of carbonyl (C=O) groups is 1. The molecule has 1 aliphatic heterocycles. The standard InChI is InChI=1S/C21H20F2N4O3S/c1-11-19-15(21(28)24-13-4-5-16(22)17(23)8-13)9-18(12-2-3-12)25-20(19)27(26-11)14-6-7-31(29,30)10-14/h4-5,8-9,12,14H,2-3,6-7,10H2,1H3,(H,24,28). The average molecular weight is 446 g/mol. The number of amides is 1. The maximum absolute atomic E-state index is 13.6. The van der Waals surface area contributed by atoms with Crippen molar-refractivity contribution in [1.29, 1.82) is 0 Å². The number of carbonyl (C=O) groups excluding carboxylic acids is 1. The van der Waals surface area contributed by atoms with Gasteiger partial charge in [0.2, 0.25) is 0 Å². The second-order valence-corrected chi connectivity index (χ2v) is 10.5. The van der Waals surface area contributed by atoms with Crippen LogP contribution in [0.1, 0.15) is 53.0 Å². The third-order valence-corrected chi connectivity index (χ3v) is 7.58. The van der Waals surface area contributed by atoms with Crippen molar-refractivity contribution in [2.24, 2.45) is 0 Å². The number of fused-ring (bicyclic) bond motifs is 1. The zero-order valence-electron chi connectivity index (χ0n) is 16.7. The topological polar surface area (TPSA) is 93.9 Å². The Balaban J connectivity index is 1.60. The molecule has 1 N–H and O–H groups in total. The zero-order chi connectivity index (χ0) is 21.9. The van der Waals surface area contributed by atoms with E-state index in [4.69, 9.17) is 4.98 Å². The second kappa shape index (κ2) is 7.08. The van der Waals surface area contributed by atoms with Crippen molar-refractivity contribution in [2.75, 3.05) is 16.8 Å². The van der Waals surface area contributed by atoms with Gasteiger partial charge in [0.1, 0.15) is 0 Å². The molecule has 1 amide bonds. The summed E-state index contributed by atoms with van der Waals surface area (Å²) in [5.74, 6) is -2.19. The first kappa shape index (κ1) is 20.0. The van der Waals surface area contributed by atoms with Gasteiger partial charge in [-0.15, -0.1) is 0 Å². The molecule has 3 heterocycles. The summed E-state index contributed by atoms with van der Waals surface area (Å²) in [5, 5.41) is 7.69. The van der Waals surface area contributed by atoms with Crippen molar-refractivity contribution in [2.45, 2.75) is 38.1 Å². The molecular formula is C21H20F2N4O3S. The summed E-state index contributed by atoms with van der Waals surface area (Å²) in [6.45, 7) is 1.75. The van der Waals surface area contributed by atoms with Crippen molar-refractivity contribution in [3.8, 4) is 0 Å². The molecule has 0 radical (unpaired) electrons. The second-order valence-electron chi connectivity index (χ2n) is 8.24. The van der Waals surface area contributed by atoms with E-state index in [0.717, 1.165) is 30.7 Å². The van der Waals surface area contributed by atoms with Crippen LogP contribution in [-0.4, -0.2) is 40.6 Å². The number of hydrogen-bond acceptors (Lipinski definition) is 5. The van der Waals surface area contributed by atoms with Crippen LogP contribution in [0.15, 0.2) is 24.3 Å². The van der Waals surface area contributed by atoms with Crippen LogP contribution in [0.2, 0.25) is 0 Å². The average Bonchev–Trinajstić information content (AvgIpc) is 3.43. The molecule has 1 aliphatic carbocycles. The number of nitrogens with one attached hydrogen (secondary N) is 1. The lowest BCUT2D eigenvalue weighted by molar-refractivity contribution is 0.102. The predicted octanol–water partition coefficient (Wildman–Crippen LogP) is 3.51. The van der Waals surface area contributed by atoms with E-state index in [1.807, 2.05) is 0 Å². The molecule has 2 fully saturated rings. The fourth-order valence-electron chi connectivity index (χ4n) is 4.09. The number of rotatable bonds is 4. The zero-order valence-corrected chi connectivity index (χ0v) is 17.5. The summed E-state index contributed by atoms with van der Waals surface area (Å²) < 4.78 is 52.4. The van der Waals surface area contributed by atoms with Crippen LogP contribution in [0.4, 0.5) is 14.5 Å². The summed E-state index contributed by atoms with van der Waals surface area (Å²) in [7, 11) is -3.13. The van der Waals surface area contributed by atoms with Gasteiger partial charge >= 0.3 is 0 Å². The molecule has 7 nitrogen and oxygen atoms in total. The minimum atomic E-state index is -3.13. The van der Waals surface area contributed by atoms with Gasteiger partial charge in [-0.2, -0.15) is 5.10 Å². The Kier molecular flexibility index (Phi) is 4.58. The van der Waals surface area contributed by atoms with Crippen LogP contribution in [0.3, 0.4) is 0 Å². The van der Waals surface area contributed by atoms with Crippen LogP contribution in [-0.2, 0) is 9.84 Å². The number of nitrogens with zero attached hydrogens (tertiary/aromatic N) is 3. The van der Waals surface area contributed by atoms with E-state index >= 15 is 0 Å². The summed E-state index contributed by atoms with van der Waals surface area (Å²) in [6.07, 6.45) is 2.38. The third kappa shape index (κ3) is 3.69. The highest BCUT2D eigenvalue weighted by molar-refractivity contribution is 7.91. The lowest BCUT2D eigenvalue weighted by Crippen LogP contribution is -2.15. The summed E-state index contributed by atoms with van der Waals surface area (Å²) in [4.78, 5) is 17.9. The van der Waals surface area contributed by atoms with Gasteiger partial charge in [0, 0.05) is 23.4 Å². The first-order valence-corrected chi connectivity index (χ1v) is 11.9. The fourth-order valence-corrected chi connectivity index (χ4v) is 5.79. The van der Waals surface area contributed by atoms with E-state index in [1.54, 1.807) is 17.7 Å². The smallest absolute Gasteiger partial charge is 0.256 e. The maximum atomic E-state index is 13.6. The Bertz CT molecular complexity index is 1330. The Labute approximate surface area is 177 Å². The highest BCUT2D eigenvalue weighted by atomic mass is 32.2. The molecule has 0 spiro atoms. The van der Waals surface area contributed by atoms with Crippen LogP contribution in [0, 0.1) is 18.6 Å². The first-order valence-electron chi connectivity index (χ1n) is 10.1. The van der Waals surface area contributed by atoms with Gasteiger partial charge in [0.25, 0.3) is 5.91 Å². The normalized spacial score (nSPS) is 20.3. The van der Waals surface area contributed by atoms with Crippen molar-refractivity contribution >= 4 is 32.5 Å². The minimum absolute atomic E-state index is 0.00502. The van der Waals surface area contributed by atoms with E-state index < -0.39 is 27.4 Å². The largest absolute Gasteiger partial charge is 0.322 e. The van der Waals surface area contributed by atoms with Crippen molar-refractivity contribution in [3.05, 3.63) is 52.9 Å².